The van der Waals surface area contributed by atoms with Crippen molar-refractivity contribution in [1.29, 1.82) is 0 Å². The van der Waals surface area contributed by atoms with Gasteiger partial charge in [0, 0.05) is 31.2 Å². The number of halogens is 2. The Bertz CT molecular complexity index is 1030. The van der Waals surface area contributed by atoms with Crippen LogP contribution in [0.2, 0.25) is 5.02 Å². The van der Waals surface area contributed by atoms with Crippen molar-refractivity contribution in [3.05, 3.63) is 28.5 Å². The van der Waals surface area contributed by atoms with Gasteiger partial charge in [-0.2, -0.15) is 12.7 Å². The zero-order valence-corrected chi connectivity index (χ0v) is 19.4. The van der Waals surface area contributed by atoms with Crippen LogP contribution >= 0.6 is 11.6 Å². The van der Waals surface area contributed by atoms with Crippen molar-refractivity contribution in [2.75, 3.05) is 26.3 Å². The van der Waals surface area contributed by atoms with Gasteiger partial charge in [0.15, 0.2) is 0 Å². The highest BCUT2D eigenvalue weighted by Crippen LogP contribution is 2.65. The van der Waals surface area contributed by atoms with E-state index >= 15 is 0 Å². The van der Waals surface area contributed by atoms with Gasteiger partial charge in [0.1, 0.15) is 11.6 Å². The number of hydrogen-bond acceptors (Lipinski definition) is 5. The number of carbonyl (C=O) groups is 1. The fraction of sp³-hybridized carbons (Fsp3) is 0.682. The number of amides is 1. The minimum absolute atomic E-state index is 0.0214. The molecule has 1 amide bonds. The number of aliphatic hydroxyl groups excluding tert-OH is 1. The molecule has 6 rings (SSSR count). The predicted octanol–water partition coefficient (Wildman–Crippen LogP) is 3.12. The number of ether oxygens (including phenoxy) is 1. The second kappa shape index (κ2) is 7.82. The summed E-state index contributed by atoms with van der Waals surface area (Å²) in [6.07, 6.45) is 7.06. The first kappa shape index (κ1) is 22.4. The van der Waals surface area contributed by atoms with Gasteiger partial charge < -0.3 is 9.84 Å². The molecule has 4 bridgehead atoms. The SMILES string of the molecule is O=C(NS(=O)(=O)N1CCC1)c1cc(Cl)c(OCC23CC4CC(CC(CO)(C4)C2)C3)cc1F. The smallest absolute Gasteiger partial charge is 0.304 e. The van der Waals surface area contributed by atoms with Crippen LogP contribution in [0.5, 0.6) is 5.75 Å². The zero-order chi connectivity index (χ0) is 22.7. The summed E-state index contributed by atoms with van der Waals surface area (Å²) < 4.78 is 47.9. The first-order chi connectivity index (χ1) is 15.1. The Morgan fingerprint density at radius 3 is 2.47 bits per heavy atom. The zero-order valence-electron chi connectivity index (χ0n) is 17.8. The van der Waals surface area contributed by atoms with E-state index in [0.717, 1.165) is 55.0 Å². The fourth-order valence-corrected chi connectivity index (χ4v) is 8.24. The first-order valence-corrected chi connectivity index (χ1v) is 13.0. The number of carbonyl (C=O) groups excluding carboxylic acids is 1. The van der Waals surface area contributed by atoms with Gasteiger partial charge in [0.05, 0.1) is 17.2 Å². The van der Waals surface area contributed by atoms with Crippen LogP contribution < -0.4 is 9.46 Å². The minimum atomic E-state index is -3.98. The average molecular weight is 487 g/mol. The molecule has 1 saturated heterocycles. The molecule has 32 heavy (non-hydrogen) atoms. The summed E-state index contributed by atoms with van der Waals surface area (Å²) in [6.45, 7) is 1.25. The van der Waals surface area contributed by atoms with E-state index in [1.165, 1.54) is 6.42 Å². The Labute approximate surface area is 192 Å². The highest BCUT2D eigenvalue weighted by Gasteiger charge is 2.57. The number of rotatable bonds is 7. The molecular weight excluding hydrogens is 459 g/mol. The van der Waals surface area contributed by atoms with Crippen molar-refractivity contribution in [3.63, 3.8) is 0 Å². The van der Waals surface area contributed by atoms with Crippen molar-refractivity contribution >= 4 is 27.7 Å². The van der Waals surface area contributed by atoms with Gasteiger partial charge in [0.2, 0.25) is 0 Å². The van der Waals surface area contributed by atoms with Gasteiger partial charge in [-0.15, -0.1) is 0 Å². The van der Waals surface area contributed by atoms with E-state index in [1.807, 2.05) is 4.72 Å². The summed E-state index contributed by atoms with van der Waals surface area (Å²) in [7, 11) is -3.98. The molecule has 1 aromatic rings. The molecule has 10 heteroatoms. The van der Waals surface area contributed by atoms with E-state index in [9.17, 15) is 22.7 Å². The van der Waals surface area contributed by atoms with E-state index in [2.05, 4.69) is 0 Å². The largest absolute Gasteiger partial charge is 0.491 e. The molecule has 2 unspecified atom stereocenters. The topological polar surface area (TPSA) is 95.9 Å². The van der Waals surface area contributed by atoms with Crippen molar-refractivity contribution in [1.82, 2.24) is 9.03 Å². The van der Waals surface area contributed by atoms with Crippen LogP contribution in [-0.2, 0) is 10.2 Å². The Morgan fingerprint density at radius 1 is 1.22 bits per heavy atom. The maximum Gasteiger partial charge on any atom is 0.304 e. The highest BCUT2D eigenvalue weighted by atomic mass is 35.5. The molecule has 1 heterocycles. The predicted molar refractivity (Wildman–Crippen MR) is 116 cm³/mol. The van der Waals surface area contributed by atoms with Gasteiger partial charge in [-0.05, 0) is 68.3 Å². The molecule has 4 saturated carbocycles. The van der Waals surface area contributed by atoms with Crippen molar-refractivity contribution in [2.45, 2.75) is 44.9 Å². The van der Waals surface area contributed by atoms with Crippen molar-refractivity contribution < 1.29 is 27.4 Å². The summed E-state index contributed by atoms with van der Waals surface area (Å²) in [5.74, 6) is -0.621. The summed E-state index contributed by atoms with van der Waals surface area (Å²) >= 11 is 6.29. The lowest BCUT2D eigenvalue weighted by atomic mass is 9.44. The number of nitrogens with one attached hydrogen (secondary N) is 1. The Morgan fingerprint density at radius 2 is 1.88 bits per heavy atom. The summed E-state index contributed by atoms with van der Waals surface area (Å²) in [6, 6.07) is 2.16. The van der Waals surface area contributed by atoms with Gasteiger partial charge in [0.25, 0.3) is 5.91 Å². The lowest BCUT2D eigenvalue weighted by molar-refractivity contribution is -0.141. The van der Waals surface area contributed by atoms with E-state index in [-0.39, 0.29) is 28.2 Å². The first-order valence-electron chi connectivity index (χ1n) is 11.2. The molecule has 0 aromatic heterocycles. The molecule has 4 aliphatic carbocycles. The Balaban J connectivity index is 1.29. The third kappa shape index (κ3) is 3.91. The molecule has 176 valence electrons. The number of benzene rings is 1. The standard InChI is InChI=1S/C22H28ClFN2O5S/c23-17-5-16(20(28)25-32(29,30)26-2-1-3-26)18(24)6-19(17)31-13-22-9-14-4-15(10-22)8-21(7-14,11-22)12-27/h5-6,14-15,27H,1-4,7-13H2,(H,25,28). The van der Waals surface area contributed by atoms with Crippen LogP contribution in [0.15, 0.2) is 12.1 Å². The monoisotopic (exact) mass is 486 g/mol. The molecule has 5 aliphatic rings. The third-order valence-corrected chi connectivity index (χ3v) is 9.60. The molecule has 0 spiro atoms. The van der Waals surface area contributed by atoms with Crippen LogP contribution in [-0.4, -0.2) is 50.0 Å². The molecule has 1 aliphatic heterocycles. The summed E-state index contributed by atoms with van der Waals surface area (Å²) in [5, 5.41) is 10.1. The second-order valence-corrected chi connectivity index (χ2v) is 12.4. The molecule has 1 aromatic carbocycles. The normalized spacial score (nSPS) is 33.7. The third-order valence-electron chi connectivity index (χ3n) is 7.82. The number of aliphatic hydroxyl groups is 1. The van der Waals surface area contributed by atoms with Gasteiger partial charge in [-0.3, -0.25) is 4.79 Å². The van der Waals surface area contributed by atoms with Crippen LogP contribution in [0, 0.1) is 28.5 Å². The minimum Gasteiger partial charge on any atom is -0.491 e. The average Bonchev–Trinajstić information content (AvgIpc) is 2.65. The van der Waals surface area contributed by atoms with E-state index < -0.39 is 27.5 Å². The van der Waals surface area contributed by atoms with Crippen molar-refractivity contribution in [3.8, 4) is 5.75 Å². The van der Waals surface area contributed by atoms with Gasteiger partial charge in [-0.25, -0.2) is 9.11 Å². The maximum absolute atomic E-state index is 14.7. The molecule has 2 atom stereocenters. The second-order valence-electron chi connectivity index (χ2n) is 10.4. The van der Waals surface area contributed by atoms with Crippen LogP contribution in [0.1, 0.15) is 55.3 Å². The lowest BCUT2D eigenvalue weighted by Crippen LogP contribution is -2.55. The van der Waals surface area contributed by atoms with E-state index in [0.29, 0.717) is 31.5 Å². The Hall–Kier alpha value is -1.42. The lowest BCUT2D eigenvalue weighted by Gasteiger charge is -2.61. The molecule has 2 N–H and O–H groups in total. The summed E-state index contributed by atoms with van der Waals surface area (Å²) in [4.78, 5) is 12.4. The van der Waals surface area contributed by atoms with E-state index in [4.69, 9.17) is 16.3 Å². The number of hydrogen-bond donors (Lipinski definition) is 2. The van der Waals surface area contributed by atoms with Crippen LogP contribution in [0.4, 0.5) is 4.39 Å². The maximum atomic E-state index is 14.7. The fourth-order valence-electron chi connectivity index (χ4n) is 6.81. The Kier molecular flexibility index (Phi) is 5.47. The van der Waals surface area contributed by atoms with Crippen LogP contribution in [0.25, 0.3) is 0 Å². The number of nitrogens with zero attached hydrogens (tertiary/aromatic N) is 1. The molecule has 5 fully saturated rings. The molecule has 7 nitrogen and oxygen atoms in total. The highest BCUT2D eigenvalue weighted by molar-refractivity contribution is 7.87. The van der Waals surface area contributed by atoms with Crippen molar-refractivity contribution in [2.24, 2.45) is 22.7 Å². The quantitative estimate of drug-likeness (QED) is 0.617. The van der Waals surface area contributed by atoms with E-state index in [1.54, 1.807) is 0 Å². The van der Waals surface area contributed by atoms with Crippen LogP contribution in [0.3, 0.4) is 0 Å². The summed E-state index contributed by atoms with van der Waals surface area (Å²) in [5.41, 5.74) is -0.513. The van der Waals surface area contributed by atoms with Gasteiger partial charge in [-0.1, -0.05) is 11.6 Å². The molecule has 0 radical (unpaired) electrons. The van der Waals surface area contributed by atoms with Gasteiger partial charge >= 0.3 is 10.2 Å². The molecular formula is C22H28ClFN2O5S.